The van der Waals surface area contributed by atoms with Gasteiger partial charge in [-0.3, -0.25) is 9.88 Å². The number of imidazole rings is 1. The van der Waals surface area contributed by atoms with Crippen molar-refractivity contribution in [2.45, 2.75) is 19.1 Å². The number of fused-ring (bicyclic) bond motifs is 1. The molecule has 4 heterocycles. The van der Waals surface area contributed by atoms with Crippen molar-refractivity contribution >= 4 is 17.2 Å². The fourth-order valence-electron chi connectivity index (χ4n) is 3.47. The van der Waals surface area contributed by atoms with Crippen LogP contribution in [0.4, 0.5) is 13.2 Å². The summed E-state index contributed by atoms with van der Waals surface area (Å²) < 4.78 is 41.5. The molecule has 1 aliphatic heterocycles. The molecule has 0 aliphatic carbocycles. The minimum Gasteiger partial charge on any atom is -0.315 e. The third kappa shape index (κ3) is 3.85. The van der Waals surface area contributed by atoms with Gasteiger partial charge in [0, 0.05) is 43.8 Å². The molecule has 0 radical (unpaired) electrons. The average molecular weight is 410 g/mol. The summed E-state index contributed by atoms with van der Waals surface area (Å²) in [6.45, 7) is 3.94. The molecule has 0 unspecified atom stereocenters. The van der Waals surface area contributed by atoms with Gasteiger partial charge < -0.3 is 9.72 Å². The van der Waals surface area contributed by atoms with E-state index in [9.17, 15) is 13.2 Å². The maximum atomic E-state index is 13.4. The van der Waals surface area contributed by atoms with Gasteiger partial charge in [0.05, 0.1) is 22.0 Å². The fraction of sp³-hybridized carbons (Fsp3) is 0.368. The smallest absolute Gasteiger partial charge is 0.315 e. The first-order chi connectivity index (χ1) is 13.4. The Morgan fingerprint density at radius 2 is 1.93 bits per heavy atom. The summed E-state index contributed by atoms with van der Waals surface area (Å²) in [6, 6.07) is 4.53. The molecule has 4 rings (SSSR count). The fourth-order valence-corrected chi connectivity index (χ4v) is 3.72. The molecule has 0 spiro atoms. The Bertz CT molecular complexity index is 963. The summed E-state index contributed by atoms with van der Waals surface area (Å²) in [6.07, 6.45) is 0.867. The minimum atomic E-state index is -4.48. The summed E-state index contributed by atoms with van der Waals surface area (Å²) in [5, 5.41) is 3.32. The maximum Gasteiger partial charge on any atom is 0.417 e. The SMILES string of the molecule is FC(F)(F)c1cc(Cl)c2nc(-c3ccncc3)c(CN3CCCNCC3)n2c1. The van der Waals surface area contributed by atoms with Crippen LogP contribution in [0.1, 0.15) is 17.7 Å². The highest BCUT2D eigenvalue weighted by Gasteiger charge is 2.32. The number of hydrogen-bond acceptors (Lipinski definition) is 4. The maximum absolute atomic E-state index is 13.4. The van der Waals surface area contributed by atoms with E-state index in [1.54, 1.807) is 24.5 Å². The highest BCUT2D eigenvalue weighted by atomic mass is 35.5. The Balaban J connectivity index is 1.88. The summed E-state index contributed by atoms with van der Waals surface area (Å²) in [5.74, 6) is 0. The van der Waals surface area contributed by atoms with Crippen LogP contribution in [-0.4, -0.2) is 45.4 Å². The van der Waals surface area contributed by atoms with E-state index in [1.807, 2.05) is 0 Å². The predicted octanol–water partition coefficient (Wildman–Crippen LogP) is 3.86. The van der Waals surface area contributed by atoms with Gasteiger partial charge in [0.25, 0.3) is 0 Å². The normalized spacial score (nSPS) is 16.4. The summed E-state index contributed by atoms with van der Waals surface area (Å²) >= 11 is 6.19. The number of nitrogens with zero attached hydrogens (tertiary/aromatic N) is 4. The van der Waals surface area contributed by atoms with Gasteiger partial charge in [-0.25, -0.2) is 4.98 Å². The second-order valence-electron chi connectivity index (χ2n) is 6.79. The van der Waals surface area contributed by atoms with Crippen molar-refractivity contribution in [2.24, 2.45) is 0 Å². The number of rotatable bonds is 3. The molecule has 0 atom stereocenters. The Kier molecular flexibility index (Phi) is 5.27. The van der Waals surface area contributed by atoms with E-state index in [2.05, 4.69) is 20.2 Å². The first kappa shape index (κ1) is 19.2. The molecule has 3 aromatic rings. The standard InChI is InChI=1S/C19H19ClF3N5/c20-15-10-14(19(21,22)23)11-28-16(12-27-8-1-4-24-7-9-27)17(26-18(15)28)13-2-5-25-6-3-13/h2-3,5-6,10-11,24H,1,4,7-9,12H2. The molecule has 1 fully saturated rings. The van der Waals surface area contributed by atoms with Crippen molar-refractivity contribution in [3.05, 3.63) is 53.1 Å². The number of pyridine rings is 2. The first-order valence-corrected chi connectivity index (χ1v) is 9.42. The van der Waals surface area contributed by atoms with Crippen molar-refractivity contribution in [1.29, 1.82) is 0 Å². The number of nitrogens with one attached hydrogen (secondary N) is 1. The molecule has 1 aliphatic rings. The monoisotopic (exact) mass is 409 g/mol. The van der Waals surface area contributed by atoms with E-state index in [0.29, 0.717) is 23.6 Å². The Morgan fingerprint density at radius 3 is 2.68 bits per heavy atom. The van der Waals surface area contributed by atoms with Gasteiger partial charge in [-0.05, 0) is 37.7 Å². The second kappa shape index (κ2) is 7.69. The van der Waals surface area contributed by atoms with Gasteiger partial charge in [-0.15, -0.1) is 0 Å². The summed E-state index contributed by atoms with van der Waals surface area (Å²) in [4.78, 5) is 10.8. The summed E-state index contributed by atoms with van der Waals surface area (Å²) in [7, 11) is 0. The van der Waals surface area contributed by atoms with Crippen molar-refractivity contribution in [3.8, 4) is 11.3 Å². The van der Waals surface area contributed by atoms with E-state index < -0.39 is 11.7 Å². The molecule has 9 heteroatoms. The highest BCUT2D eigenvalue weighted by molar-refractivity contribution is 6.33. The van der Waals surface area contributed by atoms with Crippen LogP contribution in [-0.2, 0) is 12.7 Å². The molecule has 0 bridgehead atoms. The van der Waals surface area contributed by atoms with Gasteiger partial charge in [0.1, 0.15) is 0 Å². The molecular formula is C19H19ClF3N5. The second-order valence-corrected chi connectivity index (χ2v) is 7.20. The molecule has 28 heavy (non-hydrogen) atoms. The number of aromatic nitrogens is 3. The Hall–Kier alpha value is -2.16. The van der Waals surface area contributed by atoms with Crippen molar-refractivity contribution in [3.63, 3.8) is 0 Å². The molecule has 148 valence electrons. The quantitative estimate of drug-likeness (QED) is 0.713. The van der Waals surface area contributed by atoms with Crippen molar-refractivity contribution in [1.82, 2.24) is 24.6 Å². The van der Waals surface area contributed by atoms with Crippen LogP contribution < -0.4 is 5.32 Å². The third-order valence-electron chi connectivity index (χ3n) is 4.86. The zero-order chi connectivity index (χ0) is 19.7. The average Bonchev–Trinajstić information content (AvgIpc) is 2.84. The number of halogens is 4. The largest absolute Gasteiger partial charge is 0.417 e. The van der Waals surface area contributed by atoms with Crippen LogP contribution in [0.3, 0.4) is 0 Å². The van der Waals surface area contributed by atoms with E-state index in [4.69, 9.17) is 11.6 Å². The third-order valence-corrected chi connectivity index (χ3v) is 5.14. The molecule has 1 N–H and O–H groups in total. The minimum absolute atomic E-state index is 0.0195. The topological polar surface area (TPSA) is 45.5 Å². The lowest BCUT2D eigenvalue weighted by Gasteiger charge is -2.20. The van der Waals surface area contributed by atoms with Crippen LogP contribution in [0.2, 0.25) is 5.02 Å². The number of alkyl halides is 3. The van der Waals surface area contributed by atoms with Crippen molar-refractivity contribution < 1.29 is 13.2 Å². The number of hydrogen-bond donors (Lipinski definition) is 1. The van der Waals surface area contributed by atoms with Crippen LogP contribution in [0.5, 0.6) is 0 Å². The van der Waals surface area contributed by atoms with Crippen molar-refractivity contribution in [2.75, 3.05) is 26.2 Å². The molecule has 0 saturated carbocycles. The Labute approximate surface area is 165 Å². The first-order valence-electron chi connectivity index (χ1n) is 9.04. The molecule has 0 amide bonds. The molecular weight excluding hydrogens is 391 g/mol. The van der Waals surface area contributed by atoms with E-state index in [-0.39, 0.29) is 5.02 Å². The van der Waals surface area contributed by atoms with Crippen LogP contribution in [0, 0.1) is 0 Å². The summed E-state index contributed by atoms with van der Waals surface area (Å²) in [5.41, 5.74) is 1.65. The van der Waals surface area contributed by atoms with Crippen LogP contribution >= 0.6 is 11.6 Å². The van der Waals surface area contributed by atoms with Gasteiger partial charge in [0.2, 0.25) is 0 Å². The zero-order valence-corrected chi connectivity index (χ0v) is 15.8. The molecule has 1 saturated heterocycles. The predicted molar refractivity (Wildman–Crippen MR) is 101 cm³/mol. The van der Waals surface area contributed by atoms with E-state index >= 15 is 0 Å². The highest BCUT2D eigenvalue weighted by Crippen LogP contribution is 2.35. The lowest BCUT2D eigenvalue weighted by Crippen LogP contribution is -2.28. The molecule has 0 aromatic carbocycles. The lowest BCUT2D eigenvalue weighted by atomic mass is 10.1. The zero-order valence-electron chi connectivity index (χ0n) is 15.0. The lowest BCUT2D eigenvalue weighted by molar-refractivity contribution is -0.137. The molecule has 5 nitrogen and oxygen atoms in total. The van der Waals surface area contributed by atoms with Crippen LogP contribution in [0.15, 0.2) is 36.8 Å². The van der Waals surface area contributed by atoms with Crippen LogP contribution in [0.25, 0.3) is 16.9 Å². The van der Waals surface area contributed by atoms with Gasteiger partial charge >= 0.3 is 6.18 Å². The van der Waals surface area contributed by atoms with Gasteiger partial charge in [-0.2, -0.15) is 13.2 Å². The van der Waals surface area contributed by atoms with Gasteiger partial charge in [-0.1, -0.05) is 11.6 Å². The van der Waals surface area contributed by atoms with E-state index in [0.717, 1.165) is 50.4 Å². The Morgan fingerprint density at radius 1 is 1.14 bits per heavy atom. The van der Waals surface area contributed by atoms with E-state index in [1.165, 1.54) is 4.40 Å². The molecule has 3 aromatic heterocycles. The van der Waals surface area contributed by atoms with Gasteiger partial charge in [0.15, 0.2) is 5.65 Å².